The number of carboxylic acids is 1. The van der Waals surface area contributed by atoms with E-state index in [0.29, 0.717) is 16.0 Å². The molecular formula is C14H9ClO3. The minimum atomic E-state index is -1.15. The SMILES string of the molecule is O=C(O)C=CC(=O)c1ccc(Cl)c2ccccc12. The summed E-state index contributed by atoms with van der Waals surface area (Å²) in [5.41, 5.74) is 0.438. The normalized spacial score (nSPS) is 10.9. The topological polar surface area (TPSA) is 54.4 Å². The van der Waals surface area contributed by atoms with Crippen molar-refractivity contribution in [2.24, 2.45) is 0 Å². The molecule has 0 aromatic heterocycles. The van der Waals surface area contributed by atoms with Crippen LogP contribution in [-0.2, 0) is 4.79 Å². The van der Waals surface area contributed by atoms with Gasteiger partial charge in [0, 0.05) is 22.0 Å². The first-order valence-corrected chi connectivity index (χ1v) is 5.60. The Kier molecular flexibility index (Phi) is 3.44. The van der Waals surface area contributed by atoms with Crippen molar-refractivity contribution in [3.63, 3.8) is 0 Å². The van der Waals surface area contributed by atoms with Crippen molar-refractivity contribution in [2.45, 2.75) is 0 Å². The lowest BCUT2D eigenvalue weighted by Gasteiger charge is -2.04. The van der Waals surface area contributed by atoms with Gasteiger partial charge in [-0.05, 0) is 23.6 Å². The maximum atomic E-state index is 11.9. The number of rotatable bonds is 3. The third kappa shape index (κ3) is 2.41. The zero-order valence-corrected chi connectivity index (χ0v) is 10.0. The number of carbonyl (C=O) groups excluding carboxylic acids is 1. The quantitative estimate of drug-likeness (QED) is 0.680. The second-order valence-electron chi connectivity index (χ2n) is 3.68. The predicted molar refractivity (Wildman–Crippen MR) is 70.1 cm³/mol. The van der Waals surface area contributed by atoms with Crippen molar-refractivity contribution in [1.82, 2.24) is 0 Å². The molecule has 0 saturated heterocycles. The monoisotopic (exact) mass is 260 g/mol. The third-order valence-corrected chi connectivity index (χ3v) is 2.84. The summed E-state index contributed by atoms with van der Waals surface area (Å²) in [6.07, 6.45) is 1.86. The average molecular weight is 261 g/mol. The maximum Gasteiger partial charge on any atom is 0.328 e. The van der Waals surface area contributed by atoms with Gasteiger partial charge in [-0.1, -0.05) is 35.9 Å². The minimum Gasteiger partial charge on any atom is -0.478 e. The fourth-order valence-corrected chi connectivity index (χ4v) is 1.94. The molecule has 1 N–H and O–H groups in total. The van der Waals surface area contributed by atoms with Gasteiger partial charge < -0.3 is 5.11 Å². The molecule has 18 heavy (non-hydrogen) atoms. The average Bonchev–Trinajstić information content (AvgIpc) is 2.37. The number of allylic oxidation sites excluding steroid dienone is 1. The smallest absolute Gasteiger partial charge is 0.328 e. The molecule has 0 aliphatic rings. The predicted octanol–water partition coefficient (Wildman–Crippen LogP) is 3.32. The lowest BCUT2D eigenvalue weighted by atomic mass is 10.0. The molecule has 0 saturated carbocycles. The highest BCUT2D eigenvalue weighted by Gasteiger charge is 2.09. The van der Waals surface area contributed by atoms with Crippen LogP contribution in [0.1, 0.15) is 10.4 Å². The highest BCUT2D eigenvalue weighted by atomic mass is 35.5. The number of halogens is 1. The van der Waals surface area contributed by atoms with E-state index < -0.39 is 5.97 Å². The lowest BCUT2D eigenvalue weighted by Crippen LogP contribution is -1.98. The first kappa shape index (κ1) is 12.3. The standard InChI is InChI=1S/C14H9ClO3/c15-12-6-5-11(13(16)7-8-14(17)18)9-3-1-2-4-10(9)12/h1-8H,(H,17,18). The largest absolute Gasteiger partial charge is 0.478 e. The van der Waals surface area contributed by atoms with Crippen LogP contribution in [0, 0.1) is 0 Å². The zero-order valence-electron chi connectivity index (χ0n) is 9.26. The number of carbonyl (C=O) groups is 2. The van der Waals surface area contributed by atoms with Gasteiger partial charge in [0.1, 0.15) is 0 Å². The van der Waals surface area contributed by atoms with Crippen molar-refractivity contribution in [3.05, 3.63) is 59.1 Å². The van der Waals surface area contributed by atoms with Gasteiger partial charge in [0.2, 0.25) is 0 Å². The summed E-state index contributed by atoms with van der Waals surface area (Å²) < 4.78 is 0. The molecule has 3 nitrogen and oxygen atoms in total. The van der Waals surface area contributed by atoms with Gasteiger partial charge in [-0.25, -0.2) is 4.79 Å². The lowest BCUT2D eigenvalue weighted by molar-refractivity contribution is -0.131. The van der Waals surface area contributed by atoms with Crippen LogP contribution in [0.5, 0.6) is 0 Å². The Morgan fingerprint density at radius 1 is 1.00 bits per heavy atom. The molecule has 2 rings (SSSR count). The van der Waals surface area contributed by atoms with Crippen LogP contribution < -0.4 is 0 Å². The van der Waals surface area contributed by atoms with Crippen LogP contribution in [-0.4, -0.2) is 16.9 Å². The molecule has 4 heteroatoms. The van der Waals surface area contributed by atoms with E-state index in [9.17, 15) is 9.59 Å². The van der Waals surface area contributed by atoms with Crippen LogP contribution in [0.15, 0.2) is 48.6 Å². The molecule has 0 aliphatic heterocycles. The van der Waals surface area contributed by atoms with Crippen LogP contribution in [0.4, 0.5) is 0 Å². The Morgan fingerprint density at radius 2 is 1.67 bits per heavy atom. The second kappa shape index (κ2) is 5.02. The fraction of sp³-hybridized carbons (Fsp3) is 0. The Hall–Kier alpha value is -2.13. The van der Waals surface area contributed by atoms with Gasteiger partial charge >= 0.3 is 5.97 Å². The van der Waals surface area contributed by atoms with Crippen LogP contribution in [0.3, 0.4) is 0 Å². The zero-order chi connectivity index (χ0) is 13.1. The van der Waals surface area contributed by atoms with E-state index in [1.807, 2.05) is 12.1 Å². The summed E-state index contributed by atoms with van der Waals surface area (Å²) in [5.74, 6) is -1.51. The van der Waals surface area contributed by atoms with E-state index in [2.05, 4.69) is 0 Å². The van der Waals surface area contributed by atoms with Crippen LogP contribution in [0.2, 0.25) is 5.02 Å². The van der Waals surface area contributed by atoms with Crippen molar-refractivity contribution in [1.29, 1.82) is 0 Å². The van der Waals surface area contributed by atoms with Gasteiger partial charge in [0.05, 0.1) is 0 Å². The number of fused-ring (bicyclic) bond motifs is 1. The Balaban J connectivity index is 2.55. The Labute approximate surface area is 108 Å². The van der Waals surface area contributed by atoms with Crippen molar-refractivity contribution in [2.75, 3.05) is 0 Å². The van der Waals surface area contributed by atoms with E-state index >= 15 is 0 Å². The molecule has 0 spiro atoms. The van der Waals surface area contributed by atoms with Crippen LogP contribution >= 0.6 is 11.6 Å². The van der Waals surface area contributed by atoms with Crippen molar-refractivity contribution >= 4 is 34.1 Å². The molecule has 0 atom stereocenters. The second-order valence-corrected chi connectivity index (χ2v) is 4.08. The van der Waals surface area contributed by atoms with E-state index in [0.717, 1.165) is 17.5 Å². The third-order valence-electron chi connectivity index (χ3n) is 2.51. The molecular weight excluding hydrogens is 252 g/mol. The van der Waals surface area contributed by atoms with Gasteiger partial charge in [-0.3, -0.25) is 4.79 Å². The first-order chi connectivity index (χ1) is 8.59. The van der Waals surface area contributed by atoms with Gasteiger partial charge in [-0.2, -0.15) is 0 Å². The maximum absolute atomic E-state index is 11.9. The molecule has 90 valence electrons. The number of carboxylic acid groups (broad SMARTS) is 1. The fourth-order valence-electron chi connectivity index (χ4n) is 1.71. The molecule has 2 aromatic rings. The number of benzene rings is 2. The molecule has 0 amide bonds. The van der Waals surface area contributed by atoms with E-state index in [1.54, 1.807) is 24.3 Å². The molecule has 0 aliphatic carbocycles. The van der Waals surface area contributed by atoms with Crippen LogP contribution in [0.25, 0.3) is 10.8 Å². The summed E-state index contributed by atoms with van der Waals surface area (Å²) >= 11 is 6.04. The molecule has 0 heterocycles. The molecule has 0 unspecified atom stereocenters. The Bertz CT molecular complexity index is 659. The molecule has 0 bridgehead atoms. The number of hydrogen-bond acceptors (Lipinski definition) is 2. The number of hydrogen-bond donors (Lipinski definition) is 1. The summed E-state index contributed by atoms with van der Waals surface area (Å²) in [4.78, 5) is 22.3. The summed E-state index contributed by atoms with van der Waals surface area (Å²) in [6, 6.07) is 10.5. The first-order valence-electron chi connectivity index (χ1n) is 5.22. The summed E-state index contributed by atoms with van der Waals surface area (Å²) in [5, 5.41) is 10.6. The van der Waals surface area contributed by atoms with E-state index in [4.69, 9.17) is 16.7 Å². The summed E-state index contributed by atoms with van der Waals surface area (Å²) in [7, 11) is 0. The highest BCUT2D eigenvalue weighted by molar-refractivity contribution is 6.36. The van der Waals surface area contributed by atoms with Gasteiger partial charge in [0.25, 0.3) is 0 Å². The molecule has 2 aromatic carbocycles. The number of ketones is 1. The van der Waals surface area contributed by atoms with Crippen molar-refractivity contribution in [3.8, 4) is 0 Å². The van der Waals surface area contributed by atoms with Gasteiger partial charge in [-0.15, -0.1) is 0 Å². The van der Waals surface area contributed by atoms with E-state index in [-0.39, 0.29) is 5.78 Å². The summed E-state index contributed by atoms with van der Waals surface area (Å²) in [6.45, 7) is 0. The number of aliphatic carboxylic acids is 1. The van der Waals surface area contributed by atoms with Crippen molar-refractivity contribution < 1.29 is 14.7 Å². The highest BCUT2D eigenvalue weighted by Crippen LogP contribution is 2.26. The molecule has 0 radical (unpaired) electrons. The van der Waals surface area contributed by atoms with Gasteiger partial charge in [0.15, 0.2) is 5.78 Å². The van der Waals surface area contributed by atoms with E-state index in [1.165, 1.54) is 0 Å². The molecule has 0 fully saturated rings. The minimum absolute atomic E-state index is 0.356. The Morgan fingerprint density at radius 3 is 2.33 bits per heavy atom.